The molecule has 0 spiro atoms. The zero-order valence-electron chi connectivity index (χ0n) is 20.8. The van der Waals surface area contributed by atoms with Gasteiger partial charge in [0.1, 0.15) is 0 Å². The molecule has 1 amide bonds. The average Bonchev–Trinajstić information content (AvgIpc) is 3.27. The first-order valence-corrected chi connectivity index (χ1v) is 13.4. The molecule has 2 heterocycles. The summed E-state index contributed by atoms with van der Waals surface area (Å²) in [6.45, 7) is 1.62. The fourth-order valence-electron chi connectivity index (χ4n) is 4.16. The van der Waals surface area contributed by atoms with E-state index in [0.717, 1.165) is 0 Å². The fourth-order valence-corrected chi connectivity index (χ4v) is 5.72. The third-order valence-corrected chi connectivity index (χ3v) is 7.90. The van der Waals surface area contributed by atoms with E-state index >= 15 is 0 Å². The first-order chi connectivity index (χ1) is 17.8. The number of rotatable bonds is 8. The number of sulfone groups is 1. The number of halogens is 4. The maximum Gasteiger partial charge on any atom is 0.389 e. The van der Waals surface area contributed by atoms with Gasteiger partial charge >= 0.3 is 6.18 Å². The van der Waals surface area contributed by atoms with Gasteiger partial charge in [-0.3, -0.25) is 9.59 Å². The van der Waals surface area contributed by atoms with Crippen LogP contribution < -0.4 is 10.6 Å². The molecule has 0 saturated heterocycles. The second-order valence-electron chi connectivity index (χ2n) is 9.07. The molecule has 3 aromatic rings. The average molecular weight is 587 g/mol. The van der Waals surface area contributed by atoms with Crippen molar-refractivity contribution in [2.75, 3.05) is 10.7 Å². The third-order valence-electron chi connectivity index (χ3n) is 6.08. The van der Waals surface area contributed by atoms with Crippen molar-refractivity contribution in [2.24, 2.45) is 5.73 Å². The molecule has 2 N–H and O–H groups in total. The van der Waals surface area contributed by atoms with Crippen LogP contribution in [0.2, 0.25) is 0 Å². The van der Waals surface area contributed by atoms with Crippen molar-refractivity contribution in [1.82, 2.24) is 10.1 Å². The molecule has 1 aliphatic heterocycles. The number of hydrogen-bond acceptors (Lipinski definition) is 8. The van der Waals surface area contributed by atoms with E-state index < -0.39 is 45.9 Å². The van der Waals surface area contributed by atoms with Crippen LogP contribution in [-0.2, 0) is 21.2 Å². The number of fused-ring (bicyclic) bond motifs is 1. The van der Waals surface area contributed by atoms with Gasteiger partial charge in [0.25, 0.3) is 0 Å². The Hall–Kier alpha value is -3.29. The highest BCUT2D eigenvalue weighted by Gasteiger charge is 2.36. The summed E-state index contributed by atoms with van der Waals surface area (Å²) in [6, 6.07) is 9.41. The molecule has 0 aliphatic carbocycles. The minimum absolute atomic E-state index is 0. The number of anilines is 1. The summed E-state index contributed by atoms with van der Waals surface area (Å²) in [7, 11) is -3.96. The van der Waals surface area contributed by atoms with E-state index in [4.69, 9.17) is 10.3 Å². The molecule has 0 radical (unpaired) electrons. The van der Waals surface area contributed by atoms with Crippen LogP contribution in [0.25, 0.3) is 11.4 Å². The van der Waals surface area contributed by atoms with Crippen LogP contribution >= 0.6 is 12.4 Å². The molecule has 0 saturated carbocycles. The van der Waals surface area contributed by atoms with Crippen molar-refractivity contribution < 1.29 is 35.7 Å². The Morgan fingerprint density at radius 2 is 1.85 bits per heavy atom. The van der Waals surface area contributed by atoms with Gasteiger partial charge in [-0.1, -0.05) is 29.4 Å². The van der Waals surface area contributed by atoms with Gasteiger partial charge in [-0.15, -0.1) is 12.4 Å². The SMILES string of the molecule is Cc1nc(-c2ccc(CN3C(=O)[C@@H](N)CS(=O)(=O)c4ccc(C(=O)CCCCC(F)(F)F)cc43)cc2)no1.Cl. The maximum atomic E-state index is 13.2. The van der Waals surface area contributed by atoms with Crippen molar-refractivity contribution in [3.05, 3.63) is 59.5 Å². The predicted molar refractivity (Wildman–Crippen MR) is 138 cm³/mol. The Kier molecular flexibility index (Phi) is 9.19. The lowest BCUT2D eigenvalue weighted by molar-refractivity contribution is -0.135. The molecule has 1 aromatic heterocycles. The van der Waals surface area contributed by atoms with Crippen molar-refractivity contribution in [2.45, 2.75) is 56.3 Å². The minimum atomic E-state index is -4.30. The van der Waals surface area contributed by atoms with Gasteiger partial charge in [0.15, 0.2) is 15.6 Å². The van der Waals surface area contributed by atoms with Crippen molar-refractivity contribution in [3.63, 3.8) is 0 Å². The lowest BCUT2D eigenvalue weighted by Gasteiger charge is -2.24. The summed E-state index contributed by atoms with van der Waals surface area (Å²) >= 11 is 0. The maximum absolute atomic E-state index is 13.2. The first-order valence-electron chi connectivity index (χ1n) is 11.8. The van der Waals surface area contributed by atoms with Gasteiger partial charge in [0, 0.05) is 30.9 Å². The molecule has 39 heavy (non-hydrogen) atoms. The van der Waals surface area contributed by atoms with E-state index in [1.54, 1.807) is 31.2 Å². The van der Waals surface area contributed by atoms with Gasteiger partial charge in [0.2, 0.25) is 17.6 Å². The van der Waals surface area contributed by atoms with E-state index in [1.807, 2.05) is 0 Å². The lowest BCUT2D eigenvalue weighted by Crippen LogP contribution is -2.45. The number of nitrogens with zero attached hydrogens (tertiary/aromatic N) is 3. The molecular formula is C25H26ClF3N4O5S. The lowest BCUT2D eigenvalue weighted by atomic mass is 10.0. The van der Waals surface area contributed by atoms with Crippen LogP contribution in [-0.4, -0.2) is 48.2 Å². The predicted octanol–water partition coefficient (Wildman–Crippen LogP) is 4.42. The quantitative estimate of drug-likeness (QED) is 0.302. The van der Waals surface area contributed by atoms with Crippen LogP contribution in [0, 0.1) is 6.92 Å². The highest BCUT2D eigenvalue weighted by atomic mass is 35.5. The monoisotopic (exact) mass is 586 g/mol. The van der Waals surface area contributed by atoms with Gasteiger partial charge in [-0.25, -0.2) is 8.42 Å². The number of hydrogen-bond donors (Lipinski definition) is 1. The van der Waals surface area contributed by atoms with E-state index in [9.17, 15) is 31.2 Å². The number of carbonyl (C=O) groups is 2. The summed E-state index contributed by atoms with van der Waals surface area (Å²) in [5, 5.41) is 3.85. The molecular weight excluding hydrogens is 561 g/mol. The number of aromatic nitrogens is 2. The largest absolute Gasteiger partial charge is 0.389 e. The van der Waals surface area contributed by atoms with Gasteiger partial charge in [-0.2, -0.15) is 18.2 Å². The topological polar surface area (TPSA) is 136 Å². The number of amides is 1. The number of aryl methyl sites for hydroxylation is 1. The van der Waals surface area contributed by atoms with Crippen LogP contribution in [0.4, 0.5) is 18.9 Å². The van der Waals surface area contributed by atoms with Crippen LogP contribution in [0.15, 0.2) is 51.9 Å². The molecule has 2 aromatic carbocycles. The number of carbonyl (C=O) groups excluding carboxylic acids is 2. The smallest absolute Gasteiger partial charge is 0.339 e. The van der Waals surface area contributed by atoms with Crippen molar-refractivity contribution >= 4 is 39.6 Å². The Balaban J connectivity index is 0.00000420. The highest BCUT2D eigenvalue weighted by molar-refractivity contribution is 7.91. The highest BCUT2D eigenvalue weighted by Crippen LogP contribution is 2.33. The third kappa shape index (κ3) is 7.22. The normalized spacial score (nSPS) is 16.8. The molecule has 0 fully saturated rings. The Labute approximate surface area is 228 Å². The molecule has 210 valence electrons. The van der Waals surface area contributed by atoms with Crippen LogP contribution in [0.5, 0.6) is 0 Å². The summed E-state index contributed by atoms with van der Waals surface area (Å²) in [6.07, 6.45) is -5.62. The second kappa shape index (κ2) is 11.8. The summed E-state index contributed by atoms with van der Waals surface area (Å²) in [5.41, 5.74) is 7.35. The number of alkyl halides is 3. The summed E-state index contributed by atoms with van der Waals surface area (Å²) in [4.78, 5) is 31.1. The molecule has 0 unspecified atom stereocenters. The Morgan fingerprint density at radius 3 is 2.46 bits per heavy atom. The molecule has 1 aliphatic rings. The molecule has 4 rings (SSSR count). The first kappa shape index (κ1) is 30.3. The van der Waals surface area contributed by atoms with Gasteiger partial charge in [-0.05, 0) is 36.6 Å². The zero-order chi connectivity index (χ0) is 27.7. The molecule has 14 heteroatoms. The number of unbranched alkanes of at least 4 members (excludes halogenated alkanes) is 1. The van der Waals surface area contributed by atoms with Crippen LogP contribution in [0.1, 0.15) is 47.5 Å². The second-order valence-corrected chi connectivity index (χ2v) is 11.1. The Morgan fingerprint density at radius 1 is 1.15 bits per heavy atom. The Bertz CT molecular complexity index is 1460. The minimum Gasteiger partial charge on any atom is -0.339 e. The van der Waals surface area contributed by atoms with Crippen molar-refractivity contribution in [1.29, 1.82) is 0 Å². The number of ketones is 1. The van der Waals surface area contributed by atoms with E-state index in [2.05, 4.69) is 10.1 Å². The van der Waals surface area contributed by atoms with E-state index in [1.165, 1.54) is 23.1 Å². The fraction of sp³-hybridized carbons (Fsp3) is 0.360. The summed E-state index contributed by atoms with van der Waals surface area (Å²) in [5.74, 6) is -0.905. The van der Waals surface area contributed by atoms with Gasteiger partial charge < -0.3 is 15.2 Å². The summed E-state index contributed by atoms with van der Waals surface area (Å²) < 4.78 is 68.1. The van der Waals surface area contributed by atoms with E-state index in [-0.39, 0.29) is 54.4 Å². The number of Topliss-reactive ketones (excluding diaryl/α,β-unsaturated/α-hetero) is 1. The molecule has 9 nitrogen and oxygen atoms in total. The molecule has 0 bridgehead atoms. The number of benzene rings is 2. The van der Waals surface area contributed by atoms with E-state index in [0.29, 0.717) is 22.8 Å². The molecule has 1 atom stereocenters. The number of nitrogens with two attached hydrogens (primary N) is 1. The van der Waals surface area contributed by atoms with Crippen LogP contribution in [0.3, 0.4) is 0 Å². The van der Waals surface area contributed by atoms with Gasteiger partial charge in [0.05, 0.1) is 28.9 Å². The standard InChI is InChI=1S/C25H25F3N4O5S.ClH/c1-15-30-23(31-37-15)17-7-5-16(6-8-17)13-32-20-12-18(21(33)4-2-3-11-25(26,27)28)9-10-22(20)38(35,36)14-19(29)24(32)34;/h5-10,12,19H,2-4,11,13-14,29H2,1H3;1H/t19-;/m0./s1. The van der Waals surface area contributed by atoms with Crippen molar-refractivity contribution in [3.8, 4) is 11.4 Å². The zero-order valence-corrected chi connectivity index (χ0v) is 22.4.